The molecule has 0 spiro atoms. The Kier molecular flexibility index (Phi) is 6.09. The number of nitrogens with one attached hydrogen (secondary N) is 3. The van der Waals surface area contributed by atoms with Gasteiger partial charge in [0.05, 0.1) is 0 Å². The number of carbonyl (C=O) groups is 1. The zero-order chi connectivity index (χ0) is 21.6. The maximum atomic E-state index is 12.7. The molecule has 8 heteroatoms. The van der Waals surface area contributed by atoms with Gasteiger partial charge in [-0.05, 0) is 49.0 Å². The van der Waals surface area contributed by atoms with Crippen molar-refractivity contribution in [3.8, 4) is 0 Å². The molecule has 0 radical (unpaired) electrons. The first-order valence-electron chi connectivity index (χ1n) is 10.4. The average Bonchev–Trinajstić information content (AvgIpc) is 3.30. The number of allylic oxidation sites excluding steroid dienone is 3. The van der Waals surface area contributed by atoms with Crippen LogP contribution in [-0.4, -0.2) is 30.7 Å². The van der Waals surface area contributed by atoms with E-state index in [2.05, 4.69) is 48.0 Å². The second-order valence-electron chi connectivity index (χ2n) is 7.68. The summed E-state index contributed by atoms with van der Waals surface area (Å²) in [6.45, 7) is 15.3. The van der Waals surface area contributed by atoms with E-state index >= 15 is 0 Å². The van der Waals surface area contributed by atoms with Crippen molar-refractivity contribution in [3.63, 3.8) is 0 Å². The lowest BCUT2D eigenvalue weighted by Gasteiger charge is -2.26. The summed E-state index contributed by atoms with van der Waals surface area (Å²) in [7, 11) is 0. The Bertz CT molecular complexity index is 1090. The van der Waals surface area contributed by atoms with Crippen LogP contribution in [0.5, 0.6) is 0 Å². The highest BCUT2D eigenvalue weighted by molar-refractivity contribution is 6.44. The fraction of sp³-hybridized carbons (Fsp3) is 0.348. The van der Waals surface area contributed by atoms with Crippen LogP contribution in [-0.2, 0) is 4.79 Å². The van der Waals surface area contributed by atoms with Gasteiger partial charge in [0.2, 0.25) is 0 Å². The number of aliphatic imine (C=N–C) groups is 1. The van der Waals surface area contributed by atoms with E-state index in [0.29, 0.717) is 31.2 Å². The number of guanidine groups is 1. The first kappa shape index (κ1) is 20.4. The van der Waals surface area contributed by atoms with Crippen LogP contribution < -0.4 is 16.0 Å². The van der Waals surface area contributed by atoms with Crippen molar-refractivity contribution in [2.75, 3.05) is 18.4 Å². The normalized spacial score (nSPS) is 20.1. The Hall–Kier alpha value is -3.91. The Morgan fingerprint density at radius 2 is 2.03 bits per heavy atom. The van der Waals surface area contributed by atoms with E-state index in [1.54, 1.807) is 6.08 Å². The van der Waals surface area contributed by atoms with Gasteiger partial charge in [-0.3, -0.25) is 4.79 Å². The summed E-state index contributed by atoms with van der Waals surface area (Å²) in [4.78, 5) is 23.2. The van der Waals surface area contributed by atoms with Crippen molar-refractivity contribution < 1.29 is 4.79 Å². The van der Waals surface area contributed by atoms with E-state index in [4.69, 9.17) is 13.1 Å². The van der Waals surface area contributed by atoms with Crippen molar-refractivity contribution in [1.82, 2.24) is 10.6 Å². The molecule has 1 amide bonds. The fourth-order valence-corrected chi connectivity index (χ4v) is 4.03. The molecule has 1 saturated heterocycles. The SMILES string of the molecule is [C-]#[N+]N=C1NCC(c2ccc(NC(=O)C3=NC([N+]#[C-])=CC3)c(C3=CCCCC3)c2)CN1. The van der Waals surface area contributed by atoms with E-state index in [0.717, 1.165) is 36.1 Å². The van der Waals surface area contributed by atoms with Crippen molar-refractivity contribution in [3.05, 3.63) is 70.2 Å². The maximum absolute atomic E-state index is 12.7. The average molecular weight is 413 g/mol. The number of benzene rings is 1. The standard InChI is InChI=1S/C23H23N7O/c1-24-21-11-10-20(28-21)22(31)29-19-9-8-16(12-18(19)15-6-4-3-5-7-15)17-13-26-23(27-14-17)30-25-2/h6,8-9,11-12,17H,3-5,7,10,13-14H2,(H,29,31)(H2,26,27,30). The third-order valence-corrected chi connectivity index (χ3v) is 5.69. The lowest BCUT2D eigenvalue weighted by Crippen LogP contribution is -2.48. The molecule has 1 aromatic carbocycles. The lowest BCUT2D eigenvalue weighted by molar-refractivity contribution is -0.110. The predicted octanol–water partition coefficient (Wildman–Crippen LogP) is 3.65. The quantitative estimate of drug-likeness (QED) is 0.520. The van der Waals surface area contributed by atoms with Gasteiger partial charge in [-0.25, -0.2) is 0 Å². The lowest BCUT2D eigenvalue weighted by atomic mass is 9.88. The second-order valence-corrected chi connectivity index (χ2v) is 7.68. The molecular weight excluding hydrogens is 390 g/mol. The minimum absolute atomic E-state index is 0.224. The van der Waals surface area contributed by atoms with E-state index in [1.807, 2.05) is 12.1 Å². The van der Waals surface area contributed by atoms with Crippen LogP contribution in [0.1, 0.15) is 49.1 Å². The van der Waals surface area contributed by atoms with Crippen molar-refractivity contribution in [2.24, 2.45) is 10.1 Å². The molecule has 0 unspecified atom stereocenters. The highest BCUT2D eigenvalue weighted by Crippen LogP contribution is 2.34. The smallest absolute Gasteiger partial charge is 0.293 e. The predicted molar refractivity (Wildman–Crippen MR) is 121 cm³/mol. The van der Waals surface area contributed by atoms with E-state index in [-0.39, 0.29) is 17.6 Å². The van der Waals surface area contributed by atoms with Crippen LogP contribution >= 0.6 is 0 Å². The van der Waals surface area contributed by atoms with Gasteiger partial charge in [0, 0.05) is 36.7 Å². The second kappa shape index (κ2) is 9.27. The Balaban J connectivity index is 1.58. The van der Waals surface area contributed by atoms with Crippen molar-refractivity contribution >= 4 is 28.8 Å². The van der Waals surface area contributed by atoms with Crippen molar-refractivity contribution in [2.45, 2.75) is 38.0 Å². The Morgan fingerprint density at radius 3 is 2.71 bits per heavy atom. The highest BCUT2D eigenvalue weighted by Gasteiger charge is 2.24. The third-order valence-electron chi connectivity index (χ3n) is 5.69. The third kappa shape index (κ3) is 4.65. The Morgan fingerprint density at radius 1 is 1.19 bits per heavy atom. The number of anilines is 1. The Labute approximate surface area is 181 Å². The van der Waals surface area contributed by atoms with Gasteiger partial charge < -0.3 is 20.8 Å². The highest BCUT2D eigenvalue weighted by atomic mass is 16.1. The minimum atomic E-state index is -0.263. The summed E-state index contributed by atoms with van der Waals surface area (Å²) in [5.74, 6) is 0.743. The summed E-state index contributed by atoms with van der Waals surface area (Å²) in [5.41, 5.74) is 4.60. The molecule has 0 saturated carbocycles. The summed E-state index contributed by atoms with van der Waals surface area (Å²) in [6.07, 6.45) is 8.67. The first-order valence-corrected chi connectivity index (χ1v) is 10.4. The van der Waals surface area contributed by atoms with E-state index in [1.165, 1.54) is 12.0 Å². The molecule has 2 heterocycles. The molecule has 1 aliphatic carbocycles. The summed E-state index contributed by atoms with van der Waals surface area (Å²) < 4.78 is 0. The molecule has 0 bridgehead atoms. The molecule has 0 aromatic heterocycles. The van der Waals surface area contributed by atoms with Gasteiger partial charge in [0.1, 0.15) is 5.10 Å². The minimum Gasteiger partial charge on any atom is -0.361 e. The van der Waals surface area contributed by atoms with Gasteiger partial charge in [-0.1, -0.05) is 24.8 Å². The molecule has 8 nitrogen and oxygen atoms in total. The van der Waals surface area contributed by atoms with Gasteiger partial charge >= 0.3 is 0 Å². The van der Waals surface area contributed by atoms with Gasteiger partial charge in [-0.2, -0.15) is 6.57 Å². The van der Waals surface area contributed by atoms with E-state index < -0.39 is 0 Å². The molecule has 0 atom stereocenters. The molecule has 3 aliphatic rings. The van der Waals surface area contributed by atoms with Crippen LogP contribution in [0.3, 0.4) is 0 Å². The molecule has 4 rings (SSSR count). The maximum Gasteiger partial charge on any atom is 0.293 e. The molecule has 31 heavy (non-hydrogen) atoms. The van der Waals surface area contributed by atoms with Crippen LogP contribution in [0, 0.1) is 13.1 Å². The first-order chi connectivity index (χ1) is 15.2. The van der Waals surface area contributed by atoms with Gasteiger partial charge in [0.25, 0.3) is 17.7 Å². The van der Waals surface area contributed by atoms with Crippen LogP contribution in [0.4, 0.5) is 5.69 Å². The molecule has 3 N–H and O–H groups in total. The zero-order valence-corrected chi connectivity index (χ0v) is 17.1. The molecule has 156 valence electrons. The van der Waals surface area contributed by atoms with Gasteiger partial charge in [0.15, 0.2) is 5.71 Å². The fourth-order valence-electron chi connectivity index (χ4n) is 4.03. The number of amides is 1. The van der Waals surface area contributed by atoms with Crippen LogP contribution in [0.15, 0.2) is 46.3 Å². The summed E-state index contributed by atoms with van der Waals surface area (Å²) in [5, 5.41) is 13.0. The largest absolute Gasteiger partial charge is 0.361 e. The molecule has 1 fully saturated rings. The number of hydrogen-bond donors (Lipinski definition) is 3. The zero-order valence-electron chi connectivity index (χ0n) is 17.1. The number of hydrogen-bond acceptors (Lipinski definition) is 3. The summed E-state index contributed by atoms with van der Waals surface area (Å²) >= 11 is 0. The number of rotatable bonds is 4. The number of carbonyl (C=O) groups excluding carboxylic acids is 1. The number of nitrogens with zero attached hydrogens (tertiary/aromatic N) is 4. The molecule has 1 aromatic rings. The van der Waals surface area contributed by atoms with Gasteiger partial charge in [-0.15, -0.1) is 9.95 Å². The molecule has 2 aliphatic heterocycles. The topological polar surface area (TPSA) is 86.6 Å². The summed E-state index contributed by atoms with van der Waals surface area (Å²) in [6, 6.07) is 6.16. The van der Waals surface area contributed by atoms with Crippen LogP contribution in [0.2, 0.25) is 0 Å². The van der Waals surface area contributed by atoms with Crippen LogP contribution in [0.25, 0.3) is 15.4 Å². The molecular formula is C23H23N7O. The van der Waals surface area contributed by atoms with E-state index in [9.17, 15) is 4.79 Å². The van der Waals surface area contributed by atoms with Crippen molar-refractivity contribution in [1.29, 1.82) is 0 Å². The monoisotopic (exact) mass is 413 g/mol.